The van der Waals surface area contributed by atoms with Crippen molar-refractivity contribution in [3.8, 4) is 0 Å². The summed E-state index contributed by atoms with van der Waals surface area (Å²) < 4.78 is 0. The molecule has 0 N–H and O–H groups in total. The maximum Gasteiger partial charge on any atom is -0.0179 e. The summed E-state index contributed by atoms with van der Waals surface area (Å²) in [4.78, 5) is 0. The van der Waals surface area contributed by atoms with Crippen LogP contribution in [0.3, 0.4) is 0 Å². The fraction of sp³-hybridized carbons (Fsp3) is 1.00. The highest BCUT2D eigenvalue weighted by atomic mass is 14.9. The van der Waals surface area contributed by atoms with Crippen LogP contribution < -0.4 is 0 Å². The van der Waals surface area contributed by atoms with Gasteiger partial charge in [0, 0.05) is 0 Å². The molecule has 4 saturated carbocycles. The molecule has 15 heavy (non-hydrogen) atoms. The highest BCUT2D eigenvalue weighted by Gasteiger charge is 2.81. The second-order valence-electron chi connectivity index (χ2n) is 8.89. The summed E-state index contributed by atoms with van der Waals surface area (Å²) in [6.07, 6.45) is 9.24. The molecule has 0 heteroatoms. The highest BCUT2D eigenvalue weighted by Crippen LogP contribution is 2.90. The molecule has 0 amide bonds. The summed E-state index contributed by atoms with van der Waals surface area (Å²) in [6.45, 7) is 10.4. The molecule has 0 heterocycles. The van der Waals surface area contributed by atoms with E-state index in [1.54, 1.807) is 12.8 Å². The Morgan fingerprint density at radius 1 is 0.533 bits per heavy atom. The number of rotatable bonds is 0. The zero-order valence-electron chi connectivity index (χ0n) is 10.7. The first kappa shape index (κ1) is 9.07. The van der Waals surface area contributed by atoms with Crippen LogP contribution in [0.15, 0.2) is 0 Å². The quantitative estimate of drug-likeness (QED) is 0.549. The van der Waals surface area contributed by atoms with E-state index in [1.807, 2.05) is 0 Å². The Balaban J connectivity index is 1.96. The lowest BCUT2D eigenvalue weighted by Gasteiger charge is -2.64. The van der Waals surface area contributed by atoms with E-state index in [-0.39, 0.29) is 0 Å². The maximum atomic E-state index is 2.61. The molecule has 0 aliphatic heterocycles. The Hall–Kier alpha value is 0. The van der Waals surface area contributed by atoms with Crippen LogP contribution in [0.1, 0.15) is 66.2 Å². The van der Waals surface area contributed by atoms with Crippen molar-refractivity contribution in [2.24, 2.45) is 27.1 Å². The molecule has 0 aromatic carbocycles. The molecule has 4 unspecified atom stereocenters. The van der Waals surface area contributed by atoms with Crippen LogP contribution >= 0.6 is 0 Å². The van der Waals surface area contributed by atoms with E-state index < -0.39 is 0 Å². The molecule has 4 aliphatic carbocycles. The molecule has 84 valence electrons. The smallest absolute Gasteiger partial charge is 0.0179 e. The maximum absolute atomic E-state index is 2.61. The lowest BCUT2D eigenvalue weighted by Crippen LogP contribution is -2.57. The normalized spacial score (nSPS) is 74.4. The first-order chi connectivity index (χ1) is 6.74. The fourth-order valence-corrected chi connectivity index (χ4v) is 7.95. The molecule has 3 bridgehead atoms. The third-order valence-electron chi connectivity index (χ3n) is 7.04. The minimum atomic E-state index is 0.704. The third kappa shape index (κ3) is 0.691. The van der Waals surface area contributed by atoms with Crippen LogP contribution in [0, 0.1) is 27.1 Å². The van der Waals surface area contributed by atoms with Crippen LogP contribution in [-0.2, 0) is 0 Å². The van der Waals surface area contributed by atoms with E-state index in [9.17, 15) is 0 Å². The van der Waals surface area contributed by atoms with Gasteiger partial charge in [0.25, 0.3) is 0 Å². The van der Waals surface area contributed by atoms with Crippen molar-refractivity contribution in [2.75, 3.05) is 0 Å². The Kier molecular flexibility index (Phi) is 1.10. The van der Waals surface area contributed by atoms with Gasteiger partial charge in [0.2, 0.25) is 0 Å². The van der Waals surface area contributed by atoms with Crippen molar-refractivity contribution >= 4 is 0 Å². The van der Waals surface area contributed by atoms with Gasteiger partial charge in [-0.05, 0) is 65.6 Å². The topological polar surface area (TPSA) is 0 Å². The number of hydrogen-bond acceptors (Lipinski definition) is 0. The monoisotopic (exact) mass is 204 g/mol. The number of hydrogen-bond donors (Lipinski definition) is 0. The molecule has 1 spiro atoms. The summed E-state index contributed by atoms with van der Waals surface area (Å²) >= 11 is 0. The zero-order chi connectivity index (χ0) is 10.7. The molecule has 0 saturated heterocycles. The zero-order valence-corrected chi connectivity index (χ0v) is 10.7. The van der Waals surface area contributed by atoms with Crippen LogP contribution in [0.4, 0.5) is 0 Å². The summed E-state index contributed by atoms with van der Waals surface area (Å²) in [5.74, 6) is 0. The average Bonchev–Trinajstić information content (AvgIpc) is 2.18. The van der Waals surface area contributed by atoms with E-state index >= 15 is 0 Å². The highest BCUT2D eigenvalue weighted by molar-refractivity contribution is 5.31. The molecular formula is C15H24. The summed E-state index contributed by atoms with van der Waals surface area (Å²) in [7, 11) is 0. The lowest BCUT2D eigenvalue weighted by molar-refractivity contribution is -0.157. The van der Waals surface area contributed by atoms with E-state index in [0.717, 1.165) is 16.2 Å². The van der Waals surface area contributed by atoms with Crippen LogP contribution in [0.2, 0.25) is 0 Å². The molecule has 4 aliphatic rings. The molecule has 4 atom stereocenters. The van der Waals surface area contributed by atoms with Crippen LogP contribution in [-0.4, -0.2) is 0 Å². The molecule has 4 fully saturated rings. The van der Waals surface area contributed by atoms with E-state index in [2.05, 4.69) is 27.7 Å². The second-order valence-corrected chi connectivity index (χ2v) is 8.89. The van der Waals surface area contributed by atoms with Crippen molar-refractivity contribution in [3.63, 3.8) is 0 Å². The minimum Gasteiger partial charge on any atom is -0.0596 e. The van der Waals surface area contributed by atoms with Crippen molar-refractivity contribution in [1.82, 2.24) is 0 Å². The Morgan fingerprint density at radius 3 is 1.47 bits per heavy atom. The van der Waals surface area contributed by atoms with Gasteiger partial charge in [0.15, 0.2) is 0 Å². The average molecular weight is 204 g/mol. The summed E-state index contributed by atoms with van der Waals surface area (Å²) in [5, 5.41) is 0. The van der Waals surface area contributed by atoms with Crippen molar-refractivity contribution in [3.05, 3.63) is 0 Å². The van der Waals surface area contributed by atoms with Gasteiger partial charge in [0.1, 0.15) is 0 Å². The van der Waals surface area contributed by atoms with Gasteiger partial charge in [-0.25, -0.2) is 0 Å². The summed E-state index contributed by atoms with van der Waals surface area (Å²) in [6, 6.07) is 0. The first-order valence-electron chi connectivity index (χ1n) is 6.74. The van der Waals surface area contributed by atoms with E-state index in [1.165, 1.54) is 25.7 Å². The molecular weight excluding hydrogens is 180 g/mol. The predicted octanol–water partition coefficient (Wildman–Crippen LogP) is 4.39. The van der Waals surface area contributed by atoms with Crippen LogP contribution in [0.25, 0.3) is 0 Å². The summed E-state index contributed by atoms with van der Waals surface area (Å²) in [5.41, 5.74) is 3.63. The van der Waals surface area contributed by atoms with Crippen molar-refractivity contribution in [1.29, 1.82) is 0 Å². The van der Waals surface area contributed by atoms with Gasteiger partial charge in [-0.1, -0.05) is 27.7 Å². The predicted molar refractivity (Wildman–Crippen MR) is 62.6 cm³/mol. The molecule has 0 aromatic heterocycles. The Labute approximate surface area is 93.8 Å². The third-order valence-corrected chi connectivity index (χ3v) is 7.04. The molecule has 4 rings (SSSR count). The molecule has 0 nitrogen and oxygen atoms in total. The standard InChI is InChI=1S/C15H24/c1-11-5-12(2)7-14(4)10-13(3,6-11)15(14,8-11)9-12/h5-10H2,1-4H3. The van der Waals surface area contributed by atoms with Gasteiger partial charge < -0.3 is 0 Å². The minimum absolute atomic E-state index is 0.704. The second kappa shape index (κ2) is 1.83. The van der Waals surface area contributed by atoms with Gasteiger partial charge >= 0.3 is 0 Å². The van der Waals surface area contributed by atoms with Crippen molar-refractivity contribution < 1.29 is 0 Å². The fourth-order valence-electron chi connectivity index (χ4n) is 7.95. The molecule has 0 radical (unpaired) electrons. The number of fused-ring (bicyclic) bond motifs is 2. The Morgan fingerprint density at radius 2 is 1.00 bits per heavy atom. The van der Waals surface area contributed by atoms with Crippen LogP contribution in [0.5, 0.6) is 0 Å². The van der Waals surface area contributed by atoms with Gasteiger partial charge in [-0.15, -0.1) is 0 Å². The van der Waals surface area contributed by atoms with Gasteiger partial charge in [-0.2, -0.15) is 0 Å². The van der Waals surface area contributed by atoms with Crippen molar-refractivity contribution in [2.45, 2.75) is 66.2 Å². The van der Waals surface area contributed by atoms with Gasteiger partial charge in [0.05, 0.1) is 0 Å². The SMILES string of the molecule is CC12CC3(C)CC4(C)CC(C)(C1)C4(C2)C3. The first-order valence-corrected chi connectivity index (χ1v) is 6.74. The molecule has 0 aromatic rings. The lowest BCUT2D eigenvalue weighted by atomic mass is 9.40. The van der Waals surface area contributed by atoms with Gasteiger partial charge in [-0.3, -0.25) is 0 Å². The Bertz CT molecular complexity index is 328. The van der Waals surface area contributed by atoms with E-state index in [4.69, 9.17) is 0 Å². The van der Waals surface area contributed by atoms with E-state index in [0.29, 0.717) is 10.8 Å². The largest absolute Gasteiger partial charge is 0.0596 e.